The monoisotopic (exact) mass is 927 g/mol. The predicted molar refractivity (Wildman–Crippen MR) is 275 cm³/mol. The lowest BCUT2D eigenvalue weighted by Crippen LogP contribution is -2.45. The molecule has 0 aliphatic carbocycles. The van der Waals surface area contributed by atoms with E-state index < -0.39 is 20.0 Å². The summed E-state index contributed by atoms with van der Waals surface area (Å²) in [4.78, 5) is 25.1. The molecule has 0 radical (unpaired) electrons. The number of nitrogens with one attached hydrogen (secondary N) is 1. The molecular formula is C55H111N2O6P. The molecule has 0 bridgehead atoms. The summed E-state index contributed by atoms with van der Waals surface area (Å²) in [5, 5.41) is 13.5. The SMILES string of the molecule is CCCC/C=C/C(O)C(COP(=O)([O-])OCC[N+](C)(C)C)NC(=O)CCCCCCCCCCCCCCCCCCCCCCCCCCCCCCCCCCCCCCCC. The van der Waals surface area contributed by atoms with Crippen LogP contribution >= 0.6 is 7.82 Å². The largest absolute Gasteiger partial charge is 0.756 e. The molecule has 8 nitrogen and oxygen atoms in total. The Morgan fingerprint density at radius 2 is 0.844 bits per heavy atom. The number of likely N-dealkylation sites (N-methyl/N-ethyl adjacent to an activating group) is 1. The number of nitrogens with zero attached hydrogens (tertiary/aromatic N) is 1. The Hall–Kier alpha value is -0.760. The molecule has 0 saturated heterocycles. The van der Waals surface area contributed by atoms with Gasteiger partial charge in [-0.05, 0) is 12.8 Å². The smallest absolute Gasteiger partial charge is 0.268 e. The van der Waals surface area contributed by atoms with E-state index in [1.54, 1.807) is 6.08 Å². The summed E-state index contributed by atoms with van der Waals surface area (Å²) in [6.45, 7) is 4.52. The van der Waals surface area contributed by atoms with Crippen LogP contribution in [0.3, 0.4) is 0 Å². The summed E-state index contributed by atoms with van der Waals surface area (Å²) in [5.41, 5.74) is 0. The lowest BCUT2D eigenvalue weighted by Gasteiger charge is -2.29. The van der Waals surface area contributed by atoms with Gasteiger partial charge in [0.05, 0.1) is 39.9 Å². The fourth-order valence-corrected chi connectivity index (χ4v) is 9.28. The number of carbonyl (C=O) groups is 1. The number of hydrogen-bond donors (Lipinski definition) is 2. The maximum absolute atomic E-state index is 12.7. The topological polar surface area (TPSA) is 108 Å². The molecular weight excluding hydrogens is 816 g/mol. The van der Waals surface area contributed by atoms with Crippen LogP contribution in [0.25, 0.3) is 0 Å². The first-order chi connectivity index (χ1) is 31.0. The highest BCUT2D eigenvalue weighted by Crippen LogP contribution is 2.38. The van der Waals surface area contributed by atoms with Crippen LogP contribution < -0.4 is 10.2 Å². The van der Waals surface area contributed by atoms with E-state index >= 15 is 0 Å². The van der Waals surface area contributed by atoms with E-state index in [1.165, 1.54) is 225 Å². The molecule has 0 aliphatic heterocycles. The van der Waals surface area contributed by atoms with Gasteiger partial charge < -0.3 is 28.8 Å². The van der Waals surface area contributed by atoms with Gasteiger partial charge in [0.2, 0.25) is 5.91 Å². The predicted octanol–water partition coefficient (Wildman–Crippen LogP) is 16.0. The number of phosphoric acid groups is 1. The zero-order valence-electron chi connectivity index (χ0n) is 43.5. The second-order valence-corrected chi connectivity index (χ2v) is 22.1. The van der Waals surface area contributed by atoms with Gasteiger partial charge in [0.1, 0.15) is 13.2 Å². The summed E-state index contributed by atoms with van der Waals surface area (Å²) >= 11 is 0. The lowest BCUT2D eigenvalue weighted by molar-refractivity contribution is -0.870. The van der Waals surface area contributed by atoms with E-state index in [0.29, 0.717) is 17.4 Å². The number of hydrogen-bond acceptors (Lipinski definition) is 6. The first-order valence-electron chi connectivity index (χ1n) is 28.1. The Balaban J connectivity index is 3.60. The second kappa shape index (κ2) is 47.3. The van der Waals surface area contributed by atoms with E-state index in [1.807, 2.05) is 27.2 Å². The number of aliphatic hydroxyl groups is 1. The van der Waals surface area contributed by atoms with Crippen LogP contribution in [0, 0.1) is 0 Å². The van der Waals surface area contributed by atoms with Crippen LogP contribution in [0.5, 0.6) is 0 Å². The Bertz CT molecular complexity index is 1050. The average molecular weight is 927 g/mol. The van der Waals surface area contributed by atoms with E-state index in [4.69, 9.17) is 9.05 Å². The average Bonchev–Trinajstić information content (AvgIpc) is 3.25. The number of amides is 1. The van der Waals surface area contributed by atoms with Crippen LogP contribution in [0.2, 0.25) is 0 Å². The highest BCUT2D eigenvalue weighted by atomic mass is 31.2. The van der Waals surface area contributed by atoms with Crippen LogP contribution in [-0.4, -0.2) is 68.5 Å². The minimum absolute atomic E-state index is 0.000554. The number of allylic oxidation sites excluding steroid dienone is 1. The van der Waals surface area contributed by atoms with Gasteiger partial charge in [-0.3, -0.25) is 9.36 Å². The van der Waals surface area contributed by atoms with Crippen molar-refractivity contribution >= 4 is 13.7 Å². The molecule has 2 N–H and O–H groups in total. The maximum atomic E-state index is 12.7. The van der Waals surface area contributed by atoms with Crippen molar-refractivity contribution in [2.45, 2.75) is 296 Å². The molecule has 3 atom stereocenters. The molecule has 0 spiro atoms. The molecule has 0 aromatic rings. The van der Waals surface area contributed by atoms with Gasteiger partial charge in [-0.25, -0.2) is 0 Å². The van der Waals surface area contributed by atoms with Gasteiger partial charge >= 0.3 is 0 Å². The van der Waals surface area contributed by atoms with Crippen molar-refractivity contribution in [2.75, 3.05) is 40.9 Å². The van der Waals surface area contributed by atoms with E-state index in [0.717, 1.165) is 38.5 Å². The maximum Gasteiger partial charge on any atom is 0.268 e. The minimum atomic E-state index is -4.57. The van der Waals surface area contributed by atoms with Crippen molar-refractivity contribution in [2.24, 2.45) is 0 Å². The number of unbranched alkanes of at least 4 members (excludes halogenated alkanes) is 39. The van der Waals surface area contributed by atoms with Crippen LogP contribution in [0.15, 0.2) is 12.2 Å². The summed E-state index contributed by atoms with van der Waals surface area (Å²) in [6.07, 6.45) is 58.3. The molecule has 0 aromatic heterocycles. The van der Waals surface area contributed by atoms with Crippen LogP contribution in [-0.2, 0) is 18.4 Å². The molecule has 0 aliphatic rings. The Morgan fingerprint density at radius 3 is 1.16 bits per heavy atom. The molecule has 9 heteroatoms. The van der Waals surface area contributed by atoms with Gasteiger partial charge in [0.15, 0.2) is 0 Å². The van der Waals surface area contributed by atoms with E-state index in [-0.39, 0.29) is 19.1 Å². The molecule has 0 heterocycles. The fourth-order valence-electron chi connectivity index (χ4n) is 8.55. The molecule has 1 amide bonds. The highest BCUT2D eigenvalue weighted by Gasteiger charge is 2.23. The zero-order valence-corrected chi connectivity index (χ0v) is 44.4. The van der Waals surface area contributed by atoms with Gasteiger partial charge in [-0.2, -0.15) is 0 Å². The molecule has 0 rings (SSSR count). The highest BCUT2D eigenvalue weighted by molar-refractivity contribution is 7.45. The van der Waals surface area contributed by atoms with Gasteiger partial charge in [-0.15, -0.1) is 0 Å². The van der Waals surface area contributed by atoms with E-state index in [2.05, 4.69) is 19.2 Å². The third-order valence-electron chi connectivity index (χ3n) is 13.0. The van der Waals surface area contributed by atoms with Gasteiger partial charge in [0, 0.05) is 6.42 Å². The number of quaternary nitrogens is 1. The summed E-state index contributed by atoms with van der Waals surface area (Å²) < 4.78 is 23.0. The zero-order chi connectivity index (χ0) is 47.1. The molecule has 382 valence electrons. The lowest BCUT2D eigenvalue weighted by atomic mass is 10.0. The van der Waals surface area contributed by atoms with Crippen molar-refractivity contribution < 1.29 is 32.9 Å². The van der Waals surface area contributed by atoms with Gasteiger partial charge in [0.25, 0.3) is 7.82 Å². The normalized spacial score (nSPS) is 14.0. The molecule has 0 aromatic carbocycles. The minimum Gasteiger partial charge on any atom is -0.756 e. The van der Waals surface area contributed by atoms with Gasteiger partial charge in [-0.1, -0.05) is 276 Å². The number of phosphoric ester groups is 1. The Labute approximate surface area is 399 Å². The Kier molecular flexibility index (Phi) is 46.8. The number of carbonyl (C=O) groups excluding carboxylic acids is 1. The third kappa shape index (κ3) is 49.2. The third-order valence-corrected chi connectivity index (χ3v) is 14.0. The quantitative estimate of drug-likeness (QED) is 0.0272. The van der Waals surface area contributed by atoms with Crippen LogP contribution in [0.4, 0.5) is 0 Å². The summed E-state index contributed by atoms with van der Waals surface area (Å²) in [6, 6.07) is -0.877. The first-order valence-corrected chi connectivity index (χ1v) is 29.5. The standard InChI is InChI=1S/C55H111N2O6P/c1-6-8-10-12-13-14-15-16-17-18-19-20-21-22-23-24-25-26-27-28-29-30-31-32-33-34-35-36-37-38-39-40-41-42-43-44-45-47-49-55(59)56-53(54(58)48-46-11-9-7-2)52-63-64(60,61)62-51-50-57(3,4)5/h46,48,53-54,58H,6-45,47,49-52H2,1-5H3,(H-,56,59,60,61)/b48-46+. The summed E-state index contributed by atoms with van der Waals surface area (Å²) in [5.74, 6) is -0.201. The molecule has 3 unspecified atom stereocenters. The Morgan fingerprint density at radius 1 is 0.531 bits per heavy atom. The molecule has 64 heavy (non-hydrogen) atoms. The number of rotatable bonds is 52. The molecule has 0 fully saturated rings. The van der Waals surface area contributed by atoms with Crippen LogP contribution in [0.1, 0.15) is 284 Å². The van der Waals surface area contributed by atoms with Crippen molar-refractivity contribution in [1.29, 1.82) is 0 Å². The number of aliphatic hydroxyl groups excluding tert-OH is 1. The fraction of sp³-hybridized carbons (Fsp3) is 0.945. The van der Waals surface area contributed by atoms with Crippen molar-refractivity contribution in [3.63, 3.8) is 0 Å². The van der Waals surface area contributed by atoms with Crippen molar-refractivity contribution in [3.05, 3.63) is 12.2 Å². The van der Waals surface area contributed by atoms with Crippen molar-refractivity contribution in [3.8, 4) is 0 Å². The summed E-state index contributed by atoms with van der Waals surface area (Å²) in [7, 11) is 1.27. The van der Waals surface area contributed by atoms with E-state index in [9.17, 15) is 19.4 Å². The second-order valence-electron chi connectivity index (χ2n) is 20.7. The van der Waals surface area contributed by atoms with Crippen molar-refractivity contribution in [1.82, 2.24) is 5.32 Å². The first kappa shape index (κ1) is 63.2. The molecule has 0 saturated carbocycles.